The van der Waals surface area contributed by atoms with Crippen LogP contribution in [0.15, 0.2) is 0 Å². The molecule has 0 aromatic rings. The van der Waals surface area contributed by atoms with E-state index in [2.05, 4.69) is 0 Å². The monoisotopic (exact) mass is 412 g/mol. The van der Waals surface area contributed by atoms with Gasteiger partial charge in [-0.3, -0.25) is 4.79 Å². The summed E-state index contributed by atoms with van der Waals surface area (Å²) >= 11 is 0. The van der Waals surface area contributed by atoms with Gasteiger partial charge in [0.15, 0.2) is 5.78 Å². The highest BCUT2D eigenvalue weighted by Gasteiger charge is 2.65. The van der Waals surface area contributed by atoms with Gasteiger partial charge in [-0.15, -0.1) is 0 Å². The number of ether oxygens (including phenoxy) is 3. The SMILES string of the molecule is CCCC(=O)[C@@]1(OC2(CO)O[C@H](CO)[C@@H](O)[C@@H]2O)O[C@H](CO)[C@@H](O)[C@H](O)[C@H]1O. The van der Waals surface area contributed by atoms with Crippen molar-refractivity contribution < 1.29 is 59.9 Å². The van der Waals surface area contributed by atoms with Crippen LogP contribution in [0.2, 0.25) is 0 Å². The summed E-state index contributed by atoms with van der Waals surface area (Å²) < 4.78 is 16.1. The molecule has 12 heteroatoms. The molecular formula is C16H28O12. The lowest BCUT2D eigenvalue weighted by atomic mass is 9.88. The van der Waals surface area contributed by atoms with Gasteiger partial charge in [-0.1, -0.05) is 6.92 Å². The first-order valence-corrected chi connectivity index (χ1v) is 8.96. The Labute approximate surface area is 160 Å². The predicted octanol–water partition coefficient (Wildman–Crippen LogP) is -4.66. The number of aliphatic hydroxyl groups excluding tert-OH is 8. The highest BCUT2D eigenvalue weighted by molar-refractivity contribution is 5.87. The first-order chi connectivity index (χ1) is 13.1. The first-order valence-electron chi connectivity index (χ1n) is 8.96. The highest BCUT2D eigenvalue weighted by Crippen LogP contribution is 2.41. The Kier molecular flexibility index (Phi) is 7.50. The van der Waals surface area contributed by atoms with Gasteiger partial charge < -0.3 is 55.1 Å². The second kappa shape index (κ2) is 8.93. The molecule has 0 bridgehead atoms. The number of Topliss-reactive ketones (excluding diaryl/α,β-unsaturated/α-hetero) is 1. The average molecular weight is 412 g/mol. The van der Waals surface area contributed by atoms with Crippen LogP contribution in [0.3, 0.4) is 0 Å². The van der Waals surface area contributed by atoms with Gasteiger partial charge in [0.2, 0.25) is 5.79 Å². The van der Waals surface area contributed by atoms with Crippen molar-refractivity contribution in [2.45, 2.75) is 74.1 Å². The van der Waals surface area contributed by atoms with Crippen molar-refractivity contribution in [2.24, 2.45) is 0 Å². The van der Waals surface area contributed by atoms with Crippen LogP contribution in [0, 0.1) is 0 Å². The maximum Gasteiger partial charge on any atom is 0.261 e. The van der Waals surface area contributed by atoms with Crippen molar-refractivity contribution in [1.82, 2.24) is 0 Å². The van der Waals surface area contributed by atoms with Crippen molar-refractivity contribution in [2.75, 3.05) is 19.8 Å². The van der Waals surface area contributed by atoms with E-state index in [-0.39, 0.29) is 12.8 Å². The Bertz CT molecular complexity index is 544. The number of ketones is 1. The standard InChI is InChI=1S/C16H28O12/c1-2-3-9(20)16(14(25)12(23)10(21)7(4-17)27-16)28-15(6-19)13(24)11(22)8(5-18)26-15/h7-8,10-14,17-19,21-25H,2-6H2,1H3/t7-,8-,10-,11-,12+,13+,14-,15?,16+/m1/s1. The van der Waals surface area contributed by atoms with Crippen molar-refractivity contribution in [3.8, 4) is 0 Å². The summed E-state index contributed by atoms with van der Waals surface area (Å²) in [5, 5.41) is 79.4. The van der Waals surface area contributed by atoms with E-state index in [9.17, 15) is 45.6 Å². The molecule has 28 heavy (non-hydrogen) atoms. The van der Waals surface area contributed by atoms with E-state index in [0.29, 0.717) is 0 Å². The molecule has 2 aliphatic rings. The maximum atomic E-state index is 12.8. The van der Waals surface area contributed by atoms with Gasteiger partial charge in [0.1, 0.15) is 49.3 Å². The van der Waals surface area contributed by atoms with Crippen molar-refractivity contribution in [1.29, 1.82) is 0 Å². The molecule has 0 saturated carbocycles. The summed E-state index contributed by atoms with van der Waals surface area (Å²) in [6.45, 7) is -1.11. The highest BCUT2D eigenvalue weighted by atomic mass is 16.8. The number of carbonyl (C=O) groups is 1. The van der Waals surface area contributed by atoms with Gasteiger partial charge in [0, 0.05) is 6.42 Å². The Morgan fingerprint density at radius 3 is 1.93 bits per heavy atom. The second-order valence-corrected chi connectivity index (χ2v) is 6.95. The summed E-state index contributed by atoms with van der Waals surface area (Å²) in [6, 6.07) is 0. The van der Waals surface area contributed by atoms with Crippen LogP contribution in [0.5, 0.6) is 0 Å². The van der Waals surface area contributed by atoms with E-state index in [4.69, 9.17) is 14.2 Å². The van der Waals surface area contributed by atoms with E-state index >= 15 is 0 Å². The summed E-state index contributed by atoms with van der Waals surface area (Å²) in [5.74, 6) is -6.16. The smallest absolute Gasteiger partial charge is 0.261 e. The Hall–Kier alpha value is -0.770. The van der Waals surface area contributed by atoms with Crippen LogP contribution in [0.4, 0.5) is 0 Å². The molecule has 2 heterocycles. The van der Waals surface area contributed by atoms with E-state index in [1.165, 1.54) is 0 Å². The van der Waals surface area contributed by atoms with Crippen LogP contribution in [0.25, 0.3) is 0 Å². The van der Waals surface area contributed by atoms with E-state index in [1.807, 2.05) is 0 Å². The zero-order valence-electron chi connectivity index (χ0n) is 15.3. The summed E-state index contributed by atoms with van der Waals surface area (Å²) in [4.78, 5) is 12.8. The average Bonchev–Trinajstić information content (AvgIpc) is 2.93. The minimum Gasteiger partial charge on any atom is -0.394 e. The van der Waals surface area contributed by atoms with Crippen LogP contribution in [-0.4, -0.2) is 121 Å². The summed E-state index contributed by atoms with van der Waals surface area (Å²) in [7, 11) is 0. The molecule has 1 unspecified atom stereocenters. The zero-order valence-corrected chi connectivity index (χ0v) is 15.3. The molecule has 0 spiro atoms. The maximum absolute atomic E-state index is 12.8. The molecule has 0 aromatic carbocycles. The number of hydrogen-bond acceptors (Lipinski definition) is 12. The number of aliphatic hydroxyl groups is 8. The third kappa shape index (κ3) is 3.70. The van der Waals surface area contributed by atoms with E-state index < -0.39 is 79.9 Å². The minimum absolute atomic E-state index is 0.235. The van der Waals surface area contributed by atoms with Crippen molar-refractivity contribution in [3.05, 3.63) is 0 Å². The predicted molar refractivity (Wildman–Crippen MR) is 87.5 cm³/mol. The third-order valence-corrected chi connectivity index (χ3v) is 5.05. The molecule has 0 amide bonds. The second-order valence-electron chi connectivity index (χ2n) is 6.95. The van der Waals surface area contributed by atoms with Gasteiger partial charge >= 0.3 is 0 Å². The molecule has 0 aliphatic carbocycles. The van der Waals surface area contributed by atoms with Gasteiger partial charge in [0.25, 0.3) is 5.79 Å². The molecule has 2 aliphatic heterocycles. The normalized spacial score (nSPS) is 46.7. The van der Waals surface area contributed by atoms with Gasteiger partial charge in [-0.2, -0.15) is 0 Å². The number of carbonyl (C=O) groups excluding carboxylic acids is 1. The molecule has 2 rings (SSSR count). The van der Waals surface area contributed by atoms with Crippen LogP contribution in [0.1, 0.15) is 19.8 Å². The number of rotatable bonds is 8. The van der Waals surface area contributed by atoms with E-state index in [1.54, 1.807) is 6.92 Å². The third-order valence-electron chi connectivity index (χ3n) is 5.05. The molecule has 0 aromatic heterocycles. The molecule has 9 atom stereocenters. The van der Waals surface area contributed by atoms with Gasteiger partial charge in [-0.25, -0.2) is 0 Å². The molecule has 2 saturated heterocycles. The van der Waals surface area contributed by atoms with Gasteiger partial charge in [0.05, 0.1) is 13.2 Å². The van der Waals surface area contributed by atoms with Crippen LogP contribution in [-0.2, 0) is 19.0 Å². The quantitative estimate of drug-likeness (QED) is 0.189. The topological polar surface area (TPSA) is 207 Å². The Morgan fingerprint density at radius 2 is 1.46 bits per heavy atom. The molecule has 164 valence electrons. The fourth-order valence-electron chi connectivity index (χ4n) is 3.42. The lowest BCUT2D eigenvalue weighted by Crippen LogP contribution is -2.72. The molecule has 0 radical (unpaired) electrons. The molecule has 8 N–H and O–H groups in total. The largest absolute Gasteiger partial charge is 0.394 e. The Morgan fingerprint density at radius 1 is 0.893 bits per heavy atom. The van der Waals surface area contributed by atoms with Crippen molar-refractivity contribution >= 4 is 5.78 Å². The minimum atomic E-state index is -2.74. The van der Waals surface area contributed by atoms with Gasteiger partial charge in [-0.05, 0) is 6.42 Å². The number of hydrogen-bond donors (Lipinski definition) is 8. The van der Waals surface area contributed by atoms with Crippen LogP contribution < -0.4 is 0 Å². The molecule has 12 nitrogen and oxygen atoms in total. The summed E-state index contributed by atoms with van der Waals surface area (Å²) in [5.41, 5.74) is 0. The zero-order chi connectivity index (χ0) is 21.3. The van der Waals surface area contributed by atoms with Crippen LogP contribution >= 0.6 is 0 Å². The Balaban J connectivity index is 2.50. The fraction of sp³-hybridized carbons (Fsp3) is 0.938. The van der Waals surface area contributed by atoms with Crippen molar-refractivity contribution in [3.63, 3.8) is 0 Å². The lowest BCUT2D eigenvalue weighted by molar-refractivity contribution is -0.416. The molecular weight excluding hydrogens is 384 g/mol. The molecule has 2 fully saturated rings. The first kappa shape index (κ1) is 23.5. The summed E-state index contributed by atoms with van der Waals surface area (Å²) in [6.07, 6.45) is -12.5. The van der Waals surface area contributed by atoms with E-state index in [0.717, 1.165) is 0 Å². The lowest BCUT2D eigenvalue weighted by Gasteiger charge is -2.50. The fourth-order valence-corrected chi connectivity index (χ4v) is 3.42.